The van der Waals surface area contributed by atoms with E-state index in [1.165, 1.54) is 0 Å². The standard InChI is InChI=1S/C17H17N3/c1-3-12-5-9-14(10-6-12)20-15(11-18)17(13-7-8-13)19-16(20)4-2/h3,5-6,9-10,13H,1,4,7-8H2,2H3. The maximum Gasteiger partial charge on any atom is 0.148 e. The highest BCUT2D eigenvalue weighted by atomic mass is 15.1. The highest BCUT2D eigenvalue weighted by Crippen LogP contribution is 2.41. The fraction of sp³-hybridized carbons (Fsp3) is 0.294. The van der Waals surface area contributed by atoms with E-state index in [1.807, 2.05) is 34.9 Å². The van der Waals surface area contributed by atoms with Gasteiger partial charge >= 0.3 is 0 Å². The Bertz CT molecular complexity index is 682. The Kier molecular flexibility index (Phi) is 3.15. The number of benzene rings is 1. The SMILES string of the molecule is C=Cc1ccc(-n2c(CC)nc(C3CC3)c2C#N)cc1. The van der Waals surface area contributed by atoms with E-state index >= 15 is 0 Å². The molecule has 0 radical (unpaired) electrons. The van der Waals surface area contributed by atoms with Crippen LogP contribution in [0.4, 0.5) is 0 Å². The molecule has 3 heteroatoms. The predicted octanol–water partition coefficient (Wildman–Crippen LogP) is 3.83. The van der Waals surface area contributed by atoms with E-state index in [0.29, 0.717) is 11.6 Å². The summed E-state index contributed by atoms with van der Waals surface area (Å²) in [5, 5.41) is 9.52. The minimum absolute atomic E-state index is 0.489. The number of aryl methyl sites for hydroxylation is 1. The molecule has 0 spiro atoms. The summed E-state index contributed by atoms with van der Waals surface area (Å²) in [6.45, 7) is 5.84. The topological polar surface area (TPSA) is 41.6 Å². The summed E-state index contributed by atoms with van der Waals surface area (Å²) < 4.78 is 2.00. The van der Waals surface area contributed by atoms with Gasteiger partial charge in [0.05, 0.1) is 5.69 Å². The second-order valence-corrected chi connectivity index (χ2v) is 5.13. The van der Waals surface area contributed by atoms with Gasteiger partial charge in [-0.1, -0.05) is 31.7 Å². The minimum atomic E-state index is 0.489. The average molecular weight is 263 g/mol. The molecule has 0 saturated heterocycles. The molecule has 20 heavy (non-hydrogen) atoms. The molecule has 0 atom stereocenters. The van der Waals surface area contributed by atoms with Gasteiger partial charge in [-0.15, -0.1) is 0 Å². The first-order chi connectivity index (χ1) is 9.78. The van der Waals surface area contributed by atoms with Gasteiger partial charge in [0.1, 0.15) is 17.6 Å². The van der Waals surface area contributed by atoms with Crippen LogP contribution in [0.25, 0.3) is 11.8 Å². The van der Waals surface area contributed by atoms with Gasteiger partial charge in [-0.05, 0) is 30.5 Å². The summed E-state index contributed by atoms with van der Waals surface area (Å²) in [5.74, 6) is 1.46. The van der Waals surface area contributed by atoms with Crippen LogP contribution in [0.1, 0.15) is 48.5 Å². The highest BCUT2D eigenvalue weighted by molar-refractivity contribution is 5.52. The summed E-state index contributed by atoms with van der Waals surface area (Å²) in [4.78, 5) is 4.70. The van der Waals surface area contributed by atoms with Crippen molar-refractivity contribution in [2.24, 2.45) is 0 Å². The zero-order valence-corrected chi connectivity index (χ0v) is 11.6. The zero-order chi connectivity index (χ0) is 14.1. The minimum Gasteiger partial charge on any atom is -0.288 e. The van der Waals surface area contributed by atoms with Crippen molar-refractivity contribution >= 4 is 6.08 Å². The third-order valence-electron chi connectivity index (χ3n) is 3.75. The molecular formula is C17H17N3. The summed E-state index contributed by atoms with van der Waals surface area (Å²) in [7, 11) is 0. The van der Waals surface area contributed by atoms with Crippen LogP contribution in [-0.2, 0) is 6.42 Å². The molecule has 1 aliphatic rings. The summed E-state index contributed by atoms with van der Waals surface area (Å²) in [6, 6.07) is 10.4. The lowest BCUT2D eigenvalue weighted by molar-refractivity contribution is 0.881. The number of aromatic nitrogens is 2. The fourth-order valence-electron chi connectivity index (χ4n) is 2.51. The van der Waals surface area contributed by atoms with Gasteiger partial charge in [-0.3, -0.25) is 4.57 Å². The van der Waals surface area contributed by atoms with E-state index in [-0.39, 0.29) is 0 Å². The fourth-order valence-corrected chi connectivity index (χ4v) is 2.51. The lowest BCUT2D eigenvalue weighted by atomic mass is 10.2. The predicted molar refractivity (Wildman–Crippen MR) is 79.7 cm³/mol. The number of nitrogens with zero attached hydrogens (tertiary/aromatic N) is 3. The van der Waals surface area contributed by atoms with Crippen LogP contribution in [0.5, 0.6) is 0 Å². The van der Waals surface area contributed by atoms with Crippen LogP contribution in [-0.4, -0.2) is 9.55 Å². The number of hydrogen-bond acceptors (Lipinski definition) is 2. The molecular weight excluding hydrogens is 246 g/mol. The largest absolute Gasteiger partial charge is 0.288 e. The molecule has 0 N–H and O–H groups in total. The Labute approximate surface area is 119 Å². The highest BCUT2D eigenvalue weighted by Gasteiger charge is 2.31. The molecule has 0 amide bonds. The summed E-state index contributed by atoms with van der Waals surface area (Å²) >= 11 is 0. The zero-order valence-electron chi connectivity index (χ0n) is 11.6. The number of nitriles is 1. The van der Waals surface area contributed by atoms with E-state index in [0.717, 1.165) is 42.0 Å². The van der Waals surface area contributed by atoms with E-state index in [9.17, 15) is 5.26 Å². The molecule has 0 unspecified atom stereocenters. The first-order valence-corrected chi connectivity index (χ1v) is 7.03. The maximum atomic E-state index is 9.52. The molecule has 1 aromatic carbocycles. The van der Waals surface area contributed by atoms with Crippen LogP contribution in [0.3, 0.4) is 0 Å². The first-order valence-electron chi connectivity index (χ1n) is 7.03. The quantitative estimate of drug-likeness (QED) is 0.841. The Hall–Kier alpha value is -2.34. The first kappa shape index (κ1) is 12.7. The number of imidazole rings is 1. The van der Waals surface area contributed by atoms with Crippen molar-refractivity contribution < 1.29 is 0 Å². The van der Waals surface area contributed by atoms with Crippen molar-refractivity contribution in [1.82, 2.24) is 9.55 Å². The van der Waals surface area contributed by atoms with Crippen LogP contribution >= 0.6 is 0 Å². The van der Waals surface area contributed by atoms with Gasteiger partial charge in [0.15, 0.2) is 0 Å². The molecule has 0 bridgehead atoms. The summed E-state index contributed by atoms with van der Waals surface area (Å²) in [5.41, 5.74) is 3.77. The molecule has 3 nitrogen and oxygen atoms in total. The Balaban J connectivity index is 2.15. The third-order valence-corrected chi connectivity index (χ3v) is 3.75. The molecule has 1 aromatic heterocycles. The Morgan fingerprint density at radius 1 is 1.40 bits per heavy atom. The van der Waals surface area contributed by atoms with Crippen molar-refractivity contribution in [3.63, 3.8) is 0 Å². The third kappa shape index (κ3) is 2.04. The van der Waals surface area contributed by atoms with Gasteiger partial charge in [-0.2, -0.15) is 5.26 Å². The molecule has 3 rings (SSSR count). The lowest BCUT2D eigenvalue weighted by Crippen LogP contribution is -2.02. The van der Waals surface area contributed by atoms with Crippen LogP contribution in [0, 0.1) is 11.3 Å². The monoisotopic (exact) mass is 263 g/mol. The Morgan fingerprint density at radius 2 is 2.10 bits per heavy atom. The maximum absolute atomic E-state index is 9.52. The van der Waals surface area contributed by atoms with Gasteiger partial charge in [-0.25, -0.2) is 4.98 Å². The molecule has 1 heterocycles. The molecule has 1 fully saturated rings. The van der Waals surface area contributed by atoms with Crippen molar-refractivity contribution in [3.8, 4) is 11.8 Å². The van der Waals surface area contributed by atoms with Crippen LogP contribution < -0.4 is 0 Å². The molecule has 100 valence electrons. The van der Waals surface area contributed by atoms with E-state index in [2.05, 4.69) is 19.6 Å². The molecule has 0 aliphatic heterocycles. The summed E-state index contributed by atoms with van der Waals surface area (Å²) in [6.07, 6.45) is 4.96. The Morgan fingerprint density at radius 3 is 2.60 bits per heavy atom. The lowest BCUT2D eigenvalue weighted by Gasteiger charge is -2.08. The normalized spacial score (nSPS) is 14.0. The van der Waals surface area contributed by atoms with Gasteiger partial charge in [0, 0.05) is 18.0 Å². The van der Waals surface area contributed by atoms with Crippen molar-refractivity contribution in [3.05, 3.63) is 53.6 Å². The van der Waals surface area contributed by atoms with Gasteiger partial charge in [0.25, 0.3) is 0 Å². The second-order valence-electron chi connectivity index (χ2n) is 5.13. The molecule has 2 aromatic rings. The van der Waals surface area contributed by atoms with E-state index in [4.69, 9.17) is 4.98 Å². The van der Waals surface area contributed by atoms with E-state index < -0.39 is 0 Å². The van der Waals surface area contributed by atoms with Crippen molar-refractivity contribution in [2.75, 3.05) is 0 Å². The van der Waals surface area contributed by atoms with E-state index in [1.54, 1.807) is 0 Å². The molecule has 1 aliphatic carbocycles. The average Bonchev–Trinajstić information content (AvgIpc) is 3.27. The number of rotatable bonds is 4. The van der Waals surface area contributed by atoms with Crippen LogP contribution in [0.2, 0.25) is 0 Å². The molecule has 1 saturated carbocycles. The number of hydrogen-bond donors (Lipinski definition) is 0. The second kappa shape index (κ2) is 4.97. The smallest absolute Gasteiger partial charge is 0.148 e. The van der Waals surface area contributed by atoms with Gasteiger partial charge < -0.3 is 0 Å². The van der Waals surface area contributed by atoms with Crippen molar-refractivity contribution in [1.29, 1.82) is 5.26 Å². The van der Waals surface area contributed by atoms with Crippen molar-refractivity contribution in [2.45, 2.75) is 32.1 Å². The van der Waals surface area contributed by atoms with Crippen LogP contribution in [0.15, 0.2) is 30.8 Å². The van der Waals surface area contributed by atoms with Gasteiger partial charge in [0.2, 0.25) is 0 Å².